The smallest absolute Gasteiger partial charge is 0.277 e. The van der Waals surface area contributed by atoms with Crippen molar-refractivity contribution in [1.82, 2.24) is 5.43 Å². The van der Waals surface area contributed by atoms with Crippen molar-refractivity contribution < 1.29 is 14.5 Å². The third kappa shape index (κ3) is 5.06. The summed E-state index contributed by atoms with van der Waals surface area (Å²) in [6.45, 7) is 1.50. The van der Waals surface area contributed by atoms with Crippen LogP contribution in [0.4, 0.5) is 5.69 Å². The molecule has 1 amide bonds. The highest BCUT2D eigenvalue weighted by Gasteiger charge is 2.06. The van der Waals surface area contributed by atoms with E-state index in [1.165, 1.54) is 24.3 Å². The van der Waals surface area contributed by atoms with E-state index < -0.39 is 10.8 Å². The molecule has 0 aromatic heterocycles. The Morgan fingerprint density at radius 1 is 1.21 bits per heavy atom. The molecular formula is C16H14ClN3O4. The number of nitrogens with zero attached hydrogens (tertiary/aromatic N) is 2. The molecule has 0 saturated carbocycles. The molecule has 124 valence electrons. The van der Waals surface area contributed by atoms with Gasteiger partial charge in [-0.3, -0.25) is 14.9 Å². The molecule has 0 unspecified atom stereocenters. The number of carbonyl (C=O) groups excluding carboxylic acids is 1. The van der Waals surface area contributed by atoms with Gasteiger partial charge in [0.15, 0.2) is 6.61 Å². The Kier molecular flexibility index (Phi) is 5.86. The monoisotopic (exact) mass is 347 g/mol. The summed E-state index contributed by atoms with van der Waals surface area (Å²) < 4.78 is 5.23. The Morgan fingerprint density at radius 2 is 1.83 bits per heavy atom. The molecule has 1 N–H and O–H groups in total. The van der Waals surface area contributed by atoms with Crippen molar-refractivity contribution in [2.75, 3.05) is 6.61 Å². The Morgan fingerprint density at radius 3 is 2.42 bits per heavy atom. The lowest BCUT2D eigenvalue weighted by atomic mass is 10.1. The molecule has 7 nitrogen and oxygen atoms in total. The molecule has 0 spiro atoms. The van der Waals surface area contributed by atoms with E-state index in [-0.39, 0.29) is 12.3 Å². The van der Waals surface area contributed by atoms with Crippen LogP contribution in [0, 0.1) is 10.1 Å². The first-order valence-corrected chi connectivity index (χ1v) is 7.30. The standard InChI is InChI=1S/C16H14ClN3O4/c1-11(12-2-4-13(17)5-3-12)18-19-16(21)10-24-15-8-6-14(7-9-15)20(22)23/h2-9H,10H2,1H3,(H,19,21)/b18-11+. The molecule has 0 heterocycles. The van der Waals surface area contributed by atoms with Gasteiger partial charge < -0.3 is 4.74 Å². The summed E-state index contributed by atoms with van der Waals surface area (Å²) in [4.78, 5) is 21.7. The minimum atomic E-state index is -0.509. The first kappa shape index (κ1) is 17.4. The number of nitrogens with one attached hydrogen (secondary N) is 1. The lowest BCUT2D eigenvalue weighted by Gasteiger charge is -2.06. The second kappa shape index (κ2) is 8.07. The van der Waals surface area contributed by atoms with Crippen LogP contribution < -0.4 is 10.2 Å². The molecule has 0 fully saturated rings. The van der Waals surface area contributed by atoms with Gasteiger partial charge in [0.1, 0.15) is 5.75 Å². The van der Waals surface area contributed by atoms with Crippen LogP contribution in [-0.4, -0.2) is 23.1 Å². The summed E-state index contributed by atoms with van der Waals surface area (Å²) in [5.74, 6) is -0.0872. The molecule has 0 saturated heterocycles. The minimum Gasteiger partial charge on any atom is -0.484 e. The third-order valence-corrected chi connectivity index (χ3v) is 3.28. The maximum atomic E-state index is 11.7. The van der Waals surface area contributed by atoms with Crippen molar-refractivity contribution in [3.05, 3.63) is 69.2 Å². The van der Waals surface area contributed by atoms with Crippen LogP contribution in [0.2, 0.25) is 5.02 Å². The van der Waals surface area contributed by atoms with E-state index in [2.05, 4.69) is 10.5 Å². The Hall–Kier alpha value is -2.93. The van der Waals surface area contributed by atoms with Gasteiger partial charge in [0.2, 0.25) is 0 Å². The van der Waals surface area contributed by atoms with E-state index in [0.29, 0.717) is 16.5 Å². The van der Waals surface area contributed by atoms with E-state index in [0.717, 1.165) is 5.56 Å². The minimum absolute atomic E-state index is 0.0463. The van der Waals surface area contributed by atoms with Gasteiger partial charge in [-0.25, -0.2) is 5.43 Å². The van der Waals surface area contributed by atoms with Crippen molar-refractivity contribution in [3.8, 4) is 5.75 Å². The predicted molar refractivity (Wildman–Crippen MR) is 90.4 cm³/mol. The summed E-state index contributed by atoms with van der Waals surface area (Å²) >= 11 is 5.81. The summed E-state index contributed by atoms with van der Waals surface area (Å²) in [7, 11) is 0. The molecule has 0 bridgehead atoms. The maximum absolute atomic E-state index is 11.7. The molecule has 2 aromatic rings. The van der Waals surface area contributed by atoms with Gasteiger partial charge in [-0.1, -0.05) is 23.7 Å². The van der Waals surface area contributed by atoms with Crippen molar-refractivity contribution in [3.63, 3.8) is 0 Å². The number of hydrogen-bond acceptors (Lipinski definition) is 5. The first-order chi connectivity index (χ1) is 11.5. The first-order valence-electron chi connectivity index (χ1n) is 6.92. The van der Waals surface area contributed by atoms with Gasteiger partial charge >= 0.3 is 0 Å². The van der Waals surface area contributed by atoms with Crippen molar-refractivity contribution >= 4 is 28.9 Å². The Bertz CT molecular complexity index is 758. The number of nitro benzene ring substituents is 1. The summed E-state index contributed by atoms with van der Waals surface area (Å²) in [5, 5.41) is 15.1. The van der Waals surface area contributed by atoms with Gasteiger partial charge in [0, 0.05) is 17.2 Å². The lowest BCUT2D eigenvalue weighted by Crippen LogP contribution is -2.25. The normalized spacial score (nSPS) is 11.0. The molecule has 2 rings (SSSR count). The van der Waals surface area contributed by atoms with E-state index in [4.69, 9.17) is 16.3 Å². The molecule has 2 aromatic carbocycles. The number of nitro groups is 1. The topological polar surface area (TPSA) is 93.8 Å². The Balaban J connectivity index is 1.85. The zero-order chi connectivity index (χ0) is 17.5. The van der Waals surface area contributed by atoms with Crippen LogP contribution in [0.25, 0.3) is 0 Å². The number of ether oxygens (including phenoxy) is 1. The molecule has 8 heteroatoms. The van der Waals surface area contributed by atoms with Crippen LogP contribution in [0.3, 0.4) is 0 Å². The second-order valence-corrected chi connectivity index (χ2v) is 5.22. The zero-order valence-corrected chi connectivity index (χ0v) is 13.5. The number of carbonyl (C=O) groups is 1. The van der Waals surface area contributed by atoms with Gasteiger partial charge in [-0.05, 0) is 36.8 Å². The number of rotatable bonds is 6. The molecular weight excluding hydrogens is 334 g/mol. The van der Waals surface area contributed by atoms with Crippen LogP contribution >= 0.6 is 11.6 Å². The third-order valence-electron chi connectivity index (χ3n) is 3.03. The lowest BCUT2D eigenvalue weighted by molar-refractivity contribution is -0.384. The number of non-ortho nitro benzene ring substituents is 1. The van der Waals surface area contributed by atoms with Crippen LogP contribution in [-0.2, 0) is 4.79 Å². The van der Waals surface area contributed by atoms with Crippen LogP contribution in [0.1, 0.15) is 12.5 Å². The van der Waals surface area contributed by atoms with Gasteiger partial charge in [0.25, 0.3) is 11.6 Å². The summed E-state index contributed by atoms with van der Waals surface area (Å²) in [6.07, 6.45) is 0. The number of amides is 1. The zero-order valence-electron chi connectivity index (χ0n) is 12.7. The second-order valence-electron chi connectivity index (χ2n) is 4.78. The number of hydrazone groups is 1. The summed E-state index contributed by atoms with van der Waals surface area (Å²) in [5.41, 5.74) is 3.78. The quantitative estimate of drug-likeness (QED) is 0.493. The van der Waals surface area contributed by atoms with Crippen molar-refractivity contribution in [2.45, 2.75) is 6.92 Å². The Labute approximate surface area is 143 Å². The number of hydrogen-bond donors (Lipinski definition) is 1. The van der Waals surface area contributed by atoms with Crippen LogP contribution in [0.15, 0.2) is 53.6 Å². The molecule has 0 radical (unpaired) electrons. The fourth-order valence-corrected chi connectivity index (χ4v) is 1.87. The van der Waals surface area contributed by atoms with E-state index in [9.17, 15) is 14.9 Å². The van der Waals surface area contributed by atoms with Crippen molar-refractivity contribution in [2.24, 2.45) is 5.10 Å². The average molecular weight is 348 g/mol. The average Bonchev–Trinajstić information content (AvgIpc) is 2.58. The molecule has 0 aliphatic heterocycles. The van der Waals surface area contributed by atoms with E-state index >= 15 is 0 Å². The fourth-order valence-electron chi connectivity index (χ4n) is 1.75. The van der Waals surface area contributed by atoms with Gasteiger partial charge in [-0.2, -0.15) is 5.10 Å². The van der Waals surface area contributed by atoms with Gasteiger partial charge in [0.05, 0.1) is 10.6 Å². The molecule has 24 heavy (non-hydrogen) atoms. The summed E-state index contributed by atoms with van der Waals surface area (Å²) in [6, 6.07) is 12.5. The largest absolute Gasteiger partial charge is 0.484 e. The molecule has 0 aliphatic rings. The molecule has 0 atom stereocenters. The number of benzene rings is 2. The van der Waals surface area contributed by atoms with Gasteiger partial charge in [-0.15, -0.1) is 0 Å². The van der Waals surface area contributed by atoms with E-state index in [1.807, 2.05) is 0 Å². The molecule has 0 aliphatic carbocycles. The highest BCUT2D eigenvalue weighted by molar-refractivity contribution is 6.30. The van der Waals surface area contributed by atoms with Crippen molar-refractivity contribution in [1.29, 1.82) is 0 Å². The fraction of sp³-hybridized carbons (Fsp3) is 0.125. The predicted octanol–water partition coefficient (Wildman–Crippen LogP) is 3.17. The maximum Gasteiger partial charge on any atom is 0.277 e. The highest BCUT2D eigenvalue weighted by atomic mass is 35.5. The van der Waals surface area contributed by atoms with Crippen LogP contribution in [0.5, 0.6) is 5.75 Å². The highest BCUT2D eigenvalue weighted by Crippen LogP contribution is 2.17. The van der Waals surface area contributed by atoms with E-state index in [1.54, 1.807) is 31.2 Å². The SMILES string of the molecule is C/C(=N\NC(=O)COc1ccc([N+](=O)[O-])cc1)c1ccc(Cl)cc1. The number of halogens is 1.